The van der Waals surface area contributed by atoms with E-state index in [1.807, 2.05) is 12.2 Å². The van der Waals surface area contributed by atoms with Crippen molar-refractivity contribution < 1.29 is 66.7 Å². The first kappa shape index (κ1) is 58.0. The number of esters is 2. The van der Waals surface area contributed by atoms with Crippen LogP contribution in [0, 0.1) is 0 Å². The minimum absolute atomic E-state index is 0.0463. The molecule has 0 aromatic rings. The van der Waals surface area contributed by atoms with Crippen molar-refractivity contribution in [2.45, 2.75) is 186 Å². The number of carbonyl (C=O) groups excluding carboxylic acids is 2. The molecule has 5 N–H and O–H groups in total. The Morgan fingerprint density at radius 2 is 0.950 bits per heavy atom. The lowest BCUT2D eigenvalue weighted by molar-refractivity contribution is -0.161. The summed E-state index contributed by atoms with van der Waals surface area (Å²) in [5.41, 5.74) is 0. The number of aliphatic hydroxyl groups is 2. The van der Waals surface area contributed by atoms with Crippen LogP contribution < -0.4 is 0 Å². The molecule has 0 saturated carbocycles. The van der Waals surface area contributed by atoms with Gasteiger partial charge in [-0.15, -0.1) is 0 Å². The molecule has 0 aliphatic rings. The van der Waals surface area contributed by atoms with Crippen LogP contribution in [0.3, 0.4) is 0 Å². The second kappa shape index (κ2) is 41.1. The second-order valence-corrected chi connectivity index (χ2v) is 17.7. The van der Waals surface area contributed by atoms with E-state index in [4.69, 9.17) is 28.9 Å². The summed E-state index contributed by atoms with van der Waals surface area (Å²) in [6, 6.07) is 0. The van der Waals surface area contributed by atoms with Crippen molar-refractivity contribution in [2.24, 2.45) is 0 Å². The molecule has 0 aromatic heterocycles. The van der Waals surface area contributed by atoms with Gasteiger partial charge in [0.2, 0.25) is 0 Å². The molecule has 350 valence electrons. The fraction of sp³-hybridized carbons (Fsp3) is 0.773. The Kier molecular flexibility index (Phi) is 39.7. The number of carbonyl (C=O) groups is 2. The molecular weight excluding hydrogens is 814 g/mol. The number of allylic oxidation sites excluding steroid dienone is 8. The van der Waals surface area contributed by atoms with Crippen LogP contribution >= 0.6 is 15.6 Å². The van der Waals surface area contributed by atoms with E-state index in [1.165, 1.54) is 70.6 Å². The van der Waals surface area contributed by atoms with Crippen molar-refractivity contribution in [3.05, 3.63) is 48.6 Å². The number of phosphoric acid groups is 2. The Balaban J connectivity index is 4.58. The van der Waals surface area contributed by atoms with E-state index in [0.29, 0.717) is 19.3 Å². The van der Waals surface area contributed by atoms with Crippen LogP contribution in [-0.4, -0.2) is 82.1 Å². The molecule has 0 bridgehead atoms. The smallest absolute Gasteiger partial charge is 0.462 e. The Labute approximate surface area is 361 Å². The number of aliphatic hydroxyl groups excluding tert-OH is 2. The van der Waals surface area contributed by atoms with E-state index in [0.717, 1.165) is 64.2 Å². The minimum atomic E-state index is -4.87. The average Bonchev–Trinajstić information content (AvgIpc) is 3.21. The molecule has 0 spiro atoms. The topological polar surface area (TPSA) is 216 Å². The molecule has 0 aliphatic carbocycles. The third kappa shape index (κ3) is 44.1. The van der Waals surface area contributed by atoms with Crippen molar-refractivity contribution in [2.75, 3.05) is 33.0 Å². The zero-order valence-corrected chi connectivity index (χ0v) is 38.3. The number of hydrogen-bond donors (Lipinski definition) is 5. The van der Waals surface area contributed by atoms with Gasteiger partial charge in [-0.05, 0) is 57.8 Å². The van der Waals surface area contributed by atoms with Gasteiger partial charge >= 0.3 is 27.6 Å². The lowest BCUT2D eigenvalue weighted by atomic mass is 10.0. The normalized spacial score (nSPS) is 14.4. The molecule has 0 aromatic carbocycles. The van der Waals surface area contributed by atoms with Crippen LogP contribution in [0.5, 0.6) is 0 Å². The van der Waals surface area contributed by atoms with Gasteiger partial charge in [0.1, 0.15) is 12.7 Å². The first-order valence-corrected chi connectivity index (χ1v) is 25.5. The molecule has 1 unspecified atom stereocenters. The lowest BCUT2D eigenvalue weighted by Gasteiger charge is -2.20. The van der Waals surface area contributed by atoms with Crippen LogP contribution in [0.25, 0.3) is 0 Å². The van der Waals surface area contributed by atoms with E-state index in [-0.39, 0.29) is 19.4 Å². The highest BCUT2D eigenvalue weighted by molar-refractivity contribution is 7.47. The van der Waals surface area contributed by atoms with Gasteiger partial charge in [-0.3, -0.25) is 23.2 Å². The minimum Gasteiger partial charge on any atom is -0.462 e. The van der Waals surface area contributed by atoms with E-state index < -0.39 is 66.2 Å². The third-order valence-corrected chi connectivity index (χ3v) is 10.7. The maximum Gasteiger partial charge on any atom is 0.472 e. The zero-order valence-electron chi connectivity index (χ0n) is 36.5. The molecule has 0 saturated heterocycles. The fourth-order valence-electron chi connectivity index (χ4n) is 5.85. The fourth-order valence-corrected chi connectivity index (χ4v) is 7.01. The maximum absolute atomic E-state index is 12.6. The summed E-state index contributed by atoms with van der Waals surface area (Å²) < 4.78 is 47.7. The van der Waals surface area contributed by atoms with E-state index >= 15 is 0 Å². The van der Waals surface area contributed by atoms with Crippen molar-refractivity contribution in [3.8, 4) is 0 Å². The van der Waals surface area contributed by atoms with E-state index in [2.05, 4.69) is 52.4 Å². The first-order chi connectivity index (χ1) is 28.9. The van der Waals surface area contributed by atoms with Crippen molar-refractivity contribution in [1.82, 2.24) is 0 Å². The summed E-state index contributed by atoms with van der Waals surface area (Å²) in [7, 11) is -9.70. The molecule has 0 rings (SSSR count). The molecule has 0 radical (unpaired) electrons. The number of rotatable bonds is 43. The number of unbranched alkanes of at least 4 members (excludes halogenated alkanes) is 18. The summed E-state index contributed by atoms with van der Waals surface area (Å²) in [4.78, 5) is 52.7. The third-order valence-electron chi connectivity index (χ3n) is 9.27. The Morgan fingerprint density at radius 1 is 0.517 bits per heavy atom. The molecule has 16 heteroatoms. The summed E-state index contributed by atoms with van der Waals surface area (Å²) >= 11 is 0. The monoisotopic (exact) mass is 895 g/mol. The largest absolute Gasteiger partial charge is 0.472 e. The van der Waals surface area contributed by atoms with Crippen molar-refractivity contribution in [1.29, 1.82) is 0 Å². The number of phosphoric ester groups is 2. The average molecular weight is 895 g/mol. The second-order valence-electron chi connectivity index (χ2n) is 15.1. The molecule has 0 fully saturated rings. The SMILES string of the molecule is CCCCCCCCCCCCCCCCCC(=O)OC[C@H](COP(=O)(O)OC[C@@H](O)COP(=O)(O)O)OC(=O)CCC/C=C\C/C=C\C/C=C\C/C=C\CCCCCO. The van der Waals surface area contributed by atoms with E-state index in [1.54, 1.807) is 0 Å². The van der Waals surface area contributed by atoms with Gasteiger partial charge in [-0.2, -0.15) is 0 Å². The molecule has 0 aliphatic heterocycles. The van der Waals surface area contributed by atoms with Crippen LogP contribution in [0.2, 0.25) is 0 Å². The summed E-state index contributed by atoms with van der Waals surface area (Å²) in [6.45, 7) is -0.288. The Bertz CT molecular complexity index is 1250. The maximum atomic E-state index is 12.6. The van der Waals surface area contributed by atoms with Crippen molar-refractivity contribution in [3.63, 3.8) is 0 Å². The van der Waals surface area contributed by atoms with Gasteiger partial charge in [-0.25, -0.2) is 9.13 Å². The highest BCUT2D eigenvalue weighted by atomic mass is 31.2. The van der Waals surface area contributed by atoms with Crippen molar-refractivity contribution >= 4 is 27.6 Å². The first-order valence-electron chi connectivity index (χ1n) is 22.4. The highest BCUT2D eigenvalue weighted by Crippen LogP contribution is 2.43. The lowest BCUT2D eigenvalue weighted by Crippen LogP contribution is -2.29. The molecule has 0 heterocycles. The van der Waals surface area contributed by atoms with Gasteiger partial charge in [0, 0.05) is 19.4 Å². The van der Waals surface area contributed by atoms with Gasteiger partial charge in [0.15, 0.2) is 6.10 Å². The quantitative estimate of drug-likeness (QED) is 0.0167. The molecule has 14 nitrogen and oxygen atoms in total. The van der Waals surface area contributed by atoms with E-state index in [9.17, 15) is 28.7 Å². The van der Waals surface area contributed by atoms with Crippen LogP contribution in [0.15, 0.2) is 48.6 Å². The number of hydrogen-bond acceptors (Lipinski definition) is 11. The van der Waals surface area contributed by atoms with Gasteiger partial charge in [0.05, 0.1) is 19.8 Å². The predicted molar refractivity (Wildman–Crippen MR) is 236 cm³/mol. The van der Waals surface area contributed by atoms with Gasteiger partial charge in [-0.1, -0.05) is 152 Å². The number of ether oxygens (including phenoxy) is 2. The Hall–Kier alpha value is -1.96. The van der Waals surface area contributed by atoms with Crippen LogP contribution in [0.4, 0.5) is 0 Å². The molecular formula is C44H80O14P2. The standard InChI is InChI=1S/C44H80O14P2/c1-2-3-4-5-6-7-8-9-13-16-19-22-25-28-31-34-43(47)54-39-42(40-57-60(52,53)56-38-41(46)37-55-59(49,50)51)58-44(48)35-32-29-26-23-20-17-14-11-10-12-15-18-21-24-27-30-33-36-45/h10,12,14,17-18,21,23,26,41-42,45-46H,2-9,11,13,15-16,19-20,22,24-25,27-40H2,1H3,(H,52,53)(H2,49,50,51)/b12-10-,17-14-,21-18-,26-23-/t41-,42+/m0/s1. The Morgan fingerprint density at radius 3 is 1.47 bits per heavy atom. The predicted octanol–water partition coefficient (Wildman–Crippen LogP) is 10.4. The highest BCUT2D eigenvalue weighted by Gasteiger charge is 2.28. The van der Waals surface area contributed by atoms with Gasteiger partial charge in [0.25, 0.3) is 0 Å². The van der Waals surface area contributed by atoms with Crippen LogP contribution in [0.1, 0.15) is 174 Å². The summed E-state index contributed by atoms with van der Waals surface area (Å²) in [6.07, 6.45) is 39.8. The summed E-state index contributed by atoms with van der Waals surface area (Å²) in [5, 5.41) is 18.5. The molecule has 60 heavy (non-hydrogen) atoms. The molecule has 0 amide bonds. The van der Waals surface area contributed by atoms with Gasteiger partial charge < -0.3 is 34.4 Å². The summed E-state index contributed by atoms with van der Waals surface area (Å²) in [5.74, 6) is -1.11. The van der Waals surface area contributed by atoms with Crippen LogP contribution in [-0.2, 0) is 41.8 Å². The molecule has 3 atom stereocenters. The zero-order chi connectivity index (χ0) is 44.4.